The third-order valence-electron chi connectivity index (χ3n) is 4.46. The van der Waals surface area contributed by atoms with Crippen molar-refractivity contribution in [1.82, 2.24) is 9.38 Å². The second-order valence-corrected chi connectivity index (χ2v) is 6.51. The molecule has 0 fully saturated rings. The summed E-state index contributed by atoms with van der Waals surface area (Å²) in [5.74, 6) is -0.525. The van der Waals surface area contributed by atoms with Crippen LogP contribution in [0.4, 0.5) is 5.69 Å². The molecule has 0 bridgehead atoms. The number of carbonyl (C=O) groups is 2. The third-order valence-corrected chi connectivity index (χ3v) is 4.46. The lowest BCUT2D eigenvalue weighted by Gasteiger charge is -2.17. The number of hydrogen-bond donors (Lipinski definition) is 1. The lowest BCUT2D eigenvalue weighted by atomic mass is 10.0. The molecule has 2 aromatic heterocycles. The van der Waals surface area contributed by atoms with Crippen LogP contribution in [0.1, 0.15) is 33.6 Å². The van der Waals surface area contributed by atoms with Gasteiger partial charge in [-0.3, -0.25) is 14.0 Å². The topological polar surface area (TPSA) is 89.8 Å². The average molecular weight is 363 g/mol. The van der Waals surface area contributed by atoms with E-state index >= 15 is 0 Å². The van der Waals surface area contributed by atoms with Gasteiger partial charge in [0.15, 0.2) is 0 Å². The molecule has 0 aliphatic carbocycles. The van der Waals surface area contributed by atoms with E-state index in [2.05, 4.69) is 10.3 Å². The Kier molecular flexibility index (Phi) is 4.19. The summed E-state index contributed by atoms with van der Waals surface area (Å²) in [4.78, 5) is 40.3. The summed E-state index contributed by atoms with van der Waals surface area (Å²) in [6.45, 7) is 1.82. The highest BCUT2D eigenvalue weighted by Gasteiger charge is 2.17. The summed E-state index contributed by atoms with van der Waals surface area (Å²) in [6.07, 6.45) is 2.65. The number of hydrogen-bond acceptors (Lipinski definition) is 5. The first-order valence-electron chi connectivity index (χ1n) is 8.58. The van der Waals surface area contributed by atoms with Crippen LogP contribution in [0, 0.1) is 6.92 Å². The number of esters is 1. The molecule has 0 unspecified atom stereocenters. The molecule has 136 valence electrons. The number of ether oxygens (including phenoxy) is 1. The van der Waals surface area contributed by atoms with Crippen molar-refractivity contribution in [3.8, 4) is 0 Å². The fourth-order valence-corrected chi connectivity index (χ4v) is 3.06. The highest BCUT2D eigenvalue weighted by atomic mass is 16.5. The van der Waals surface area contributed by atoms with Crippen LogP contribution in [0.5, 0.6) is 0 Å². The quantitative estimate of drug-likeness (QED) is 0.721. The van der Waals surface area contributed by atoms with Crippen LogP contribution < -0.4 is 10.9 Å². The number of fused-ring (bicyclic) bond motifs is 2. The Bertz CT molecular complexity index is 1130. The summed E-state index contributed by atoms with van der Waals surface area (Å²) in [7, 11) is 0. The summed E-state index contributed by atoms with van der Waals surface area (Å²) >= 11 is 0. The largest absolute Gasteiger partial charge is 0.456 e. The molecule has 1 aromatic carbocycles. The van der Waals surface area contributed by atoms with Gasteiger partial charge in [-0.05, 0) is 54.8 Å². The zero-order chi connectivity index (χ0) is 19.0. The van der Waals surface area contributed by atoms with Gasteiger partial charge in [0, 0.05) is 24.4 Å². The van der Waals surface area contributed by atoms with Crippen LogP contribution in [0.25, 0.3) is 5.65 Å². The number of nitrogens with zero attached hydrogens (tertiary/aromatic N) is 2. The van der Waals surface area contributed by atoms with E-state index in [-0.39, 0.29) is 18.1 Å². The van der Waals surface area contributed by atoms with E-state index < -0.39 is 5.97 Å². The van der Waals surface area contributed by atoms with E-state index in [4.69, 9.17) is 4.74 Å². The third kappa shape index (κ3) is 3.44. The van der Waals surface area contributed by atoms with E-state index in [0.717, 1.165) is 16.8 Å². The molecule has 0 atom stereocenters. The second kappa shape index (κ2) is 6.68. The van der Waals surface area contributed by atoms with Crippen molar-refractivity contribution in [2.45, 2.75) is 26.4 Å². The Morgan fingerprint density at radius 3 is 2.89 bits per heavy atom. The number of aryl methyl sites for hydroxylation is 2. The normalized spacial score (nSPS) is 13.1. The number of rotatable bonds is 3. The van der Waals surface area contributed by atoms with Crippen molar-refractivity contribution >= 4 is 23.2 Å². The number of benzene rings is 1. The first-order chi connectivity index (χ1) is 13.0. The van der Waals surface area contributed by atoms with Gasteiger partial charge in [0.1, 0.15) is 12.3 Å². The lowest BCUT2D eigenvalue weighted by Crippen LogP contribution is -2.19. The van der Waals surface area contributed by atoms with Crippen LogP contribution in [0.15, 0.2) is 47.4 Å². The molecule has 7 nitrogen and oxygen atoms in total. The van der Waals surface area contributed by atoms with Gasteiger partial charge < -0.3 is 10.1 Å². The van der Waals surface area contributed by atoms with Crippen molar-refractivity contribution in [1.29, 1.82) is 0 Å². The predicted molar refractivity (Wildman–Crippen MR) is 98.7 cm³/mol. The maximum atomic E-state index is 12.4. The van der Waals surface area contributed by atoms with Crippen molar-refractivity contribution in [3.63, 3.8) is 0 Å². The highest BCUT2D eigenvalue weighted by molar-refractivity contribution is 5.96. The molecule has 3 aromatic rings. The summed E-state index contributed by atoms with van der Waals surface area (Å²) < 4.78 is 6.76. The van der Waals surface area contributed by atoms with Gasteiger partial charge in [-0.15, -0.1) is 0 Å². The Balaban J connectivity index is 1.52. The van der Waals surface area contributed by atoms with Gasteiger partial charge in [-0.25, -0.2) is 9.78 Å². The van der Waals surface area contributed by atoms with E-state index in [9.17, 15) is 14.4 Å². The number of aromatic nitrogens is 2. The van der Waals surface area contributed by atoms with Crippen LogP contribution in [-0.4, -0.2) is 21.3 Å². The van der Waals surface area contributed by atoms with Gasteiger partial charge in [-0.2, -0.15) is 0 Å². The molecule has 0 saturated heterocycles. The zero-order valence-electron chi connectivity index (χ0n) is 14.7. The Morgan fingerprint density at radius 2 is 2.04 bits per heavy atom. The Hall–Kier alpha value is -3.48. The van der Waals surface area contributed by atoms with Crippen molar-refractivity contribution < 1.29 is 14.3 Å². The smallest absolute Gasteiger partial charge is 0.338 e. The monoisotopic (exact) mass is 363 g/mol. The molecule has 3 heterocycles. The maximum absolute atomic E-state index is 12.4. The molecule has 1 N–H and O–H groups in total. The molecular formula is C20H17N3O4. The molecule has 1 aliphatic heterocycles. The predicted octanol–water partition coefficient (Wildman–Crippen LogP) is 2.24. The average Bonchev–Trinajstić information content (AvgIpc) is 2.65. The molecule has 27 heavy (non-hydrogen) atoms. The number of anilines is 1. The van der Waals surface area contributed by atoms with E-state index in [1.807, 2.05) is 13.0 Å². The molecule has 0 spiro atoms. The van der Waals surface area contributed by atoms with Crippen molar-refractivity contribution in [2.75, 3.05) is 5.32 Å². The molecule has 0 radical (unpaired) electrons. The first-order valence-corrected chi connectivity index (χ1v) is 8.58. The minimum Gasteiger partial charge on any atom is -0.456 e. The molecule has 1 amide bonds. The summed E-state index contributed by atoms with van der Waals surface area (Å²) in [6, 6.07) is 10.0. The van der Waals surface area contributed by atoms with Gasteiger partial charge in [0.05, 0.1) is 11.3 Å². The van der Waals surface area contributed by atoms with E-state index in [1.54, 1.807) is 30.5 Å². The Morgan fingerprint density at radius 1 is 1.19 bits per heavy atom. The fraction of sp³-hybridized carbons (Fsp3) is 0.200. The maximum Gasteiger partial charge on any atom is 0.338 e. The molecular weight excluding hydrogens is 346 g/mol. The lowest BCUT2D eigenvalue weighted by molar-refractivity contribution is -0.116. The molecule has 4 rings (SSSR count). The molecule has 0 saturated carbocycles. The number of amides is 1. The molecule has 7 heteroatoms. The highest BCUT2D eigenvalue weighted by Crippen LogP contribution is 2.24. The van der Waals surface area contributed by atoms with Gasteiger partial charge in [0.2, 0.25) is 5.91 Å². The number of nitrogens with one attached hydrogen (secondary N) is 1. The van der Waals surface area contributed by atoms with Crippen molar-refractivity contribution in [2.24, 2.45) is 0 Å². The minimum atomic E-state index is -0.499. The first kappa shape index (κ1) is 17.0. The van der Waals surface area contributed by atoms with Crippen molar-refractivity contribution in [3.05, 3.63) is 75.3 Å². The van der Waals surface area contributed by atoms with Crippen LogP contribution >= 0.6 is 0 Å². The fourth-order valence-electron chi connectivity index (χ4n) is 3.06. The summed E-state index contributed by atoms with van der Waals surface area (Å²) in [5.41, 5.74) is 3.69. The van der Waals surface area contributed by atoms with Crippen LogP contribution in [0.3, 0.4) is 0 Å². The second-order valence-electron chi connectivity index (χ2n) is 6.51. The zero-order valence-corrected chi connectivity index (χ0v) is 14.7. The summed E-state index contributed by atoms with van der Waals surface area (Å²) in [5, 5.41) is 2.77. The SMILES string of the molecule is Cc1ccn2c(=O)cc(COC(=O)c3ccc4c(c3)CCC(=O)N4)nc2c1. The van der Waals surface area contributed by atoms with Gasteiger partial charge in [0.25, 0.3) is 5.56 Å². The number of carbonyl (C=O) groups excluding carboxylic acids is 2. The standard InChI is InChI=1S/C20H17N3O4/c1-12-6-7-23-17(8-12)21-15(10-19(23)25)11-27-20(26)14-2-4-16-13(9-14)3-5-18(24)22-16/h2,4,6-10H,3,5,11H2,1H3,(H,22,24). The molecule has 1 aliphatic rings. The van der Waals surface area contributed by atoms with Crippen LogP contribution in [0.2, 0.25) is 0 Å². The Labute approximate surface area is 154 Å². The number of pyridine rings is 1. The van der Waals surface area contributed by atoms with Gasteiger partial charge in [-0.1, -0.05) is 0 Å². The van der Waals surface area contributed by atoms with E-state index in [0.29, 0.717) is 29.7 Å². The van der Waals surface area contributed by atoms with E-state index in [1.165, 1.54) is 10.5 Å². The van der Waals surface area contributed by atoms with Crippen LogP contribution in [-0.2, 0) is 22.6 Å². The minimum absolute atomic E-state index is 0.0262. The van der Waals surface area contributed by atoms with Gasteiger partial charge >= 0.3 is 5.97 Å².